The van der Waals surface area contributed by atoms with Gasteiger partial charge in [-0.25, -0.2) is 9.59 Å². The SMILES string of the molecule is Cc1ccc([C@H]2NC(=O)N(c3cccc(C(F)(F)F)c3)C3=C2C(=O)N(CCC[N+](C)(C)CCCN2CC4=C(C2=O)[C@@H](c2ccc(C)cc2)NC(=O)N4c2cccc(C(F)(F)F)c2)C3)cc1.[I-]. The average molecular weight is 1030 g/mol. The number of benzene rings is 4. The van der Waals surface area contributed by atoms with Crippen LogP contribution in [0.1, 0.15) is 58.3 Å². The van der Waals surface area contributed by atoms with Crippen molar-refractivity contribution in [2.75, 3.05) is 63.2 Å². The maximum absolute atomic E-state index is 14.2. The minimum atomic E-state index is -4.65. The van der Waals surface area contributed by atoms with Gasteiger partial charge >= 0.3 is 24.4 Å². The average Bonchev–Trinajstić information content (AvgIpc) is 3.74. The Kier molecular flexibility index (Phi) is 13.4. The fourth-order valence-corrected chi connectivity index (χ4v) is 9.05. The van der Waals surface area contributed by atoms with Crippen LogP contribution in [0.2, 0.25) is 0 Å². The minimum Gasteiger partial charge on any atom is -1.00 e. The highest BCUT2D eigenvalue weighted by atomic mass is 127. The van der Waals surface area contributed by atoms with E-state index in [4.69, 9.17) is 0 Å². The van der Waals surface area contributed by atoms with E-state index in [1.165, 1.54) is 24.3 Å². The van der Waals surface area contributed by atoms with E-state index in [1.54, 1.807) is 9.80 Å². The summed E-state index contributed by atoms with van der Waals surface area (Å²) in [5.41, 5.74) is 2.62. The molecule has 4 aliphatic heterocycles. The number of hydrogen-bond donors (Lipinski definition) is 2. The van der Waals surface area contributed by atoms with E-state index in [1.807, 2.05) is 76.5 Å². The summed E-state index contributed by atoms with van der Waals surface area (Å²) < 4.78 is 83.1. The minimum absolute atomic E-state index is 0. The van der Waals surface area contributed by atoms with Crippen molar-refractivity contribution in [2.24, 2.45) is 0 Å². The van der Waals surface area contributed by atoms with E-state index in [0.717, 1.165) is 45.2 Å². The number of urea groups is 2. The number of nitrogens with one attached hydrogen (secondary N) is 2. The van der Waals surface area contributed by atoms with Crippen molar-refractivity contribution < 1.29 is 74.0 Å². The third-order valence-corrected chi connectivity index (χ3v) is 12.5. The van der Waals surface area contributed by atoms with Crippen LogP contribution in [0, 0.1) is 13.8 Å². The van der Waals surface area contributed by atoms with E-state index >= 15 is 0 Å². The van der Waals surface area contributed by atoms with Crippen LogP contribution in [0.3, 0.4) is 0 Å². The van der Waals surface area contributed by atoms with Crippen LogP contribution >= 0.6 is 0 Å². The van der Waals surface area contributed by atoms with Gasteiger partial charge in [0.25, 0.3) is 11.8 Å². The molecule has 0 radical (unpaired) electrons. The zero-order chi connectivity index (χ0) is 46.6. The molecule has 0 bridgehead atoms. The standard InChI is InChI=1S/C48H47F6N7O4.HI/c1-29-13-17-31(18-14-29)41-39-37(59(45(64)55-41)35-11-5-9-33(25-35)47(49,50)51)27-57(43(39)62)21-7-23-61(3,4)24-8-22-58-28-38-40(44(58)63)42(32-19-15-30(2)16-20-32)56-46(65)60(38)36-12-6-10-34(26-36)48(52,53)54;/h5-6,9-20,25-26,41-42H,7-8,21-24,27-28H2,1-4H3,(H-,55,56,64,65);1H/t41-,42-;/m1./s1. The van der Waals surface area contributed by atoms with Gasteiger partial charge in [-0.2, -0.15) is 26.3 Å². The van der Waals surface area contributed by atoms with E-state index in [0.29, 0.717) is 77.2 Å². The molecule has 18 heteroatoms. The fourth-order valence-electron chi connectivity index (χ4n) is 9.05. The van der Waals surface area contributed by atoms with Crippen molar-refractivity contribution >= 4 is 35.3 Å². The second kappa shape index (κ2) is 18.4. The normalized spacial score (nSPS) is 19.0. The summed E-state index contributed by atoms with van der Waals surface area (Å²) in [5.74, 6) is -0.652. The van der Waals surface area contributed by atoms with Gasteiger partial charge in [0.15, 0.2) is 0 Å². The lowest BCUT2D eigenvalue weighted by molar-refractivity contribution is -0.890. The smallest absolute Gasteiger partial charge is 0.416 e. The third-order valence-electron chi connectivity index (χ3n) is 12.5. The summed E-state index contributed by atoms with van der Waals surface area (Å²) in [5, 5.41) is 5.73. The zero-order valence-corrected chi connectivity index (χ0v) is 38.7. The Bertz CT molecular complexity index is 2440. The van der Waals surface area contributed by atoms with Gasteiger partial charge in [0, 0.05) is 25.9 Å². The molecule has 6 amide bonds. The van der Waals surface area contributed by atoms with Gasteiger partial charge in [-0.05, 0) is 61.4 Å². The quantitative estimate of drug-likeness (QED) is 0.109. The molecule has 4 aliphatic rings. The first-order valence-electron chi connectivity index (χ1n) is 21.3. The molecular formula is C48H48F6IN7O4. The second-order valence-corrected chi connectivity index (χ2v) is 17.6. The maximum Gasteiger partial charge on any atom is 0.416 e. The van der Waals surface area contributed by atoms with Crippen LogP contribution in [0.5, 0.6) is 0 Å². The van der Waals surface area contributed by atoms with Crippen molar-refractivity contribution in [1.82, 2.24) is 20.4 Å². The highest BCUT2D eigenvalue weighted by Crippen LogP contribution is 2.42. The Hall–Kier alpha value is -5.89. The number of carbonyl (C=O) groups excluding carboxylic acids is 4. The molecule has 0 aliphatic carbocycles. The molecular weight excluding hydrogens is 979 g/mol. The first kappa shape index (κ1) is 48.1. The fraction of sp³-hybridized carbons (Fsp3) is 0.333. The number of anilines is 2. The van der Waals surface area contributed by atoms with Crippen LogP contribution < -0.4 is 44.4 Å². The number of nitrogens with zero attached hydrogens (tertiary/aromatic N) is 5. The molecule has 0 aromatic heterocycles. The van der Waals surface area contributed by atoms with E-state index in [2.05, 4.69) is 10.6 Å². The molecule has 0 saturated heterocycles. The van der Waals surface area contributed by atoms with E-state index < -0.39 is 47.6 Å². The van der Waals surface area contributed by atoms with Crippen LogP contribution in [0.4, 0.5) is 47.3 Å². The molecule has 4 heterocycles. The summed E-state index contributed by atoms with van der Waals surface area (Å²) in [4.78, 5) is 61.4. The highest BCUT2D eigenvalue weighted by molar-refractivity contribution is 6.08. The third kappa shape index (κ3) is 9.65. The number of alkyl halides is 6. The summed E-state index contributed by atoms with van der Waals surface area (Å²) in [6, 6.07) is 20.7. The molecule has 8 rings (SSSR count). The maximum atomic E-state index is 14.2. The van der Waals surface area contributed by atoms with E-state index in [-0.39, 0.29) is 60.3 Å². The van der Waals surface area contributed by atoms with Crippen molar-refractivity contribution in [3.05, 3.63) is 153 Å². The van der Waals surface area contributed by atoms with E-state index in [9.17, 15) is 45.5 Å². The van der Waals surface area contributed by atoms with Crippen molar-refractivity contribution in [1.29, 1.82) is 0 Å². The van der Waals surface area contributed by atoms with Crippen molar-refractivity contribution in [2.45, 2.75) is 51.1 Å². The summed E-state index contributed by atoms with van der Waals surface area (Å²) >= 11 is 0. The number of quaternary nitrogens is 1. The number of hydrogen-bond acceptors (Lipinski definition) is 4. The molecule has 348 valence electrons. The molecule has 66 heavy (non-hydrogen) atoms. The Morgan fingerprint density at radius 1 is 0.576 bits per heavy atom. The summed E-state index contributed by atoms with van der Waals surface area (Å²) in [7, 11) is 4.03. The predicted molar refractivity (Wildman–Crippen MR) is 231 cm³/mol. The van der Waals surface area contributed by atoms with Gasteiger partial charge in [0.1, 0.15) is 0 Å². The van der Waals surface area contributed by atoms with Gasteiger partial charge in [0.05, 0.1) is 97.4 Å². The molecule has 2 atom stereocenters. The number of aryl methyl sites for hydroxylation is 2. The lowest BCUT2D eigenvalue weighted by atomic mass is 9.94. The lowest BCUT2D eigenvalue weighted by Crippen LogP contribution is -3.00. The van der Waals surface area contributed by atoms with Crippen molar-refractivity contribution in [3.63, 3.8) is 0 Å². The Balaban J connectivity index is 0.00000648. The number of amides is 6. The summed E-state index contributed by atoms with van der Waals surface area (Å²) in [6.45, 7) is 5.64. The predicted octanol–water partition coefficient (Wildman–Crippen LogP) is 5.64. The van der Waals surface area contributed by atoms with Gasteiger partial charge < -0.3 is 48.9 Å². The van der Waals surface area contributed by atoms with Gasteiger partial charge in [-0.15, -0.1) is 0 Å². The molecule has 0 spiro atoms. The molecule has 4 aromatic rings. The number of rotatable bonds is 12. The first-order chi connectivity index (χ1) is 30.7. The second-order valence-electron chi connectivity index (χ2n) is 17.6. The van der Waals surface area contributed by atoms with Crippen molar-refractivity contribution in [3.8, 4) is 0 Å². The molecule has 4 aromatic carbocycles. The van der Waals surface area contributed by atoms with Crippen LogP contribution in [0.25, 0.3) is 0 Å². The molecule has 11 nitrogen and oxygen atoms in total. The highest BCUT2D eigenvalue weighted by Gasteiger charge is 2.47. The molecule has 0 unspecified atom stereocenters. The van der Waals surface area contributed by atoms with Crippen LogP contribution in [0.15, 0.2) is 120 Å². The number of halogens is 7. The monoisotopic (exact) mass is 1030 g/mol. The Labute approximate surface area is 395 Å². The Morgan fingerprint density at radius 2 is 0.939 bits per heavy atom. The Morgan fingerprint density at radius 3 is 1.29 bits per heavy atom. The van der Waals surface area contributed by atoms with Gasteiger partial charge in [-0.1, -0.05) is 71.8 Å². The first-order valence-corrected chi connectivity index (χ1v) is 21.3. The zero-order valence-electron chi connectivity index (χ0n) is 36.6. The summed E-state index contributed by atoms with van der Waals surface area (Å²) in [6.07, 6.45) is -8.22. The topological polar surface area (TPSA) is 105 Å². The molecule has 0 saturated carbocycles. The molecule has 2 N–H and O–H groups in total. The molecule has 0 fully saturated rings. The van der Waals surface area contributed by atoms with Gasteiger partial charge in [-0.3, -0.25) is 19.4 Å². The lowest BCUT2D eigenvalue weighted by Gasteiger charge is -2.34. The number of carbonyl (C=O) groups is 4. The van der Waals surface area contributed by atoms with Crippen LogP contribution in [-0.2, 0) is 21.9 Å². The van der Waals surface area contributed by atoms with Crippen LogP contribution in [-0.4, -0.2) is 91.5 Å². The van der Waals surface area contributed by atoms with Gasteiger partial charge in [0.2, 0.25) is 0 Å². The largest absolute Gasteiger partial charge is 1.00 e.